The molecule has 14 heavy (non-hydrogen) atoms. The minimum Gasteiger partial charge on any atom is -0.407 e. The van der Waals surface area contributed by atoms with E-state index < -0.39 is 5.76 Å². The van der Waals surface area contributed by atoms with Crippen LogP contribution in [0.1, 0.15) is 18.1 Å². The number of fused-ring (bicyclic) bond motifs is 1. The molecule has 0 saturated heterocycles. The highest BCUT2D eigenvalue weighted by molar-refractivity contribution is 5.88. The molecule has 0 spiro atoms. The van der Waals surface area contributed by atoms with E-state index in [1.807, 2.05) is 0 Å². The van der Waals surface area contributed by atoms with Gasteiger partial charge in [-0.2, -0.15) is 0 Å². The van der Waals surface area contributed by atoms with Gasteiger partial charge >= 0.3 is 5.76 Å². The maximum absolute atomic E-state index is 11.4. The fourth-order valence-corrected chi connectivity index (χ4v) is 1.36. The zero-order valence-electron chi connectivity index (χ0n) is 7.69. The Morgan fingerprint density at radius 1 is 1.43 bits per heavy atom. The zero-order chi connectivity index (χ0) is 10.1. The van der Waals surface area contributed by atoms with Crippen molar-refractivity contribution in [3.05, 3.63) is 34.8 Å². The van der Waals surface area contributed by atoms with Gasteiger partial charge in [-0.15, -0.1) is 0 Å². The van der Waals surface area contributed by atoms with Crippen molar-refractivity contribution in [3.8, 4) is 0 Å². The minimum absolute atomic E-state index is 0.250. The standard InChI is InChI=1S/C10H9NO3/c1-2-9(12)11-7-5-3-4-6-8(7)14-10(11)13/h3-6H,2H2,1H3. The first kappa shape index (κ1) is 8.74. The van der Waals surface area contributed by atoms with E-state index in [0.717, 1.165) is 4.57 Å². The molecule has 0 saturated carbocycles. The highest BCUT2D eigenvalue weighted by atomic mass is 16.4. The Morgan fingerprint density at radius 3 is 2.86 bits per heavy atom. The topological polar surface area (TPSA) is 52.2 Å². The Hall–Kier alpha value is -1.84. The summed E-state index contributed by atoms with van der Waals surface area (Å²) in [5, 5.41) is 0. The fraction of sp³-hybridized carbons (Fsp3) is 0.200. The molecule has 0 atom stereocenters. The van der Waals surface area contributed by atoms with E-state index in [1.165, 1.54) is 0 Å². The zero-order valence-corrected chi connectivity index (χ0v) is 7.69. The van der Waals surface area contributed by atoms with Crippen LogP contribution in [0.15, 0.2) is 33.5 Å². The second-order valence-electron chi connectivity index (χ2n) is 2.92. The van der Waals surface area contributed by atoms with Gasteiger partial charge in [0.05, 0.1) is 5.52 Å². The first-order valence-corrected chi connectivity index (χ1v) is 4.38. The molecule has 0 radical (unpaired) electrons. The summed E-state index contributed by atoms with van der Waals surface area (Å²) >= 11 is 0. The maximum Gasteiger partial charge on any atom is 0.426 e. The summed E-state index contributed by atoms with van der Waals surface area (Å²) in [5.41, 5.74) is 0.976. The summed E-state index contributed by atoms with van der Waals surface area (Å²) in [5.74, 6) is -0.863. The molecule has 0 N–H and O–H groups in total. The summed E-state index contributed by atoms with van der Waals surface area (Å²) in [6.07, 6.45) is 0.281. The van der Waals surface area contributed by atoms with Gasteiger partial charge < -0.3 is 4.42 Å². The summed E-state index contributed by atoms with van der Waals surface area (Å²) in [7, 11) is 0. The van der Waals surface area contributed by atoms with E-state index in [4.69, 9.17) is 4.42 Å². The van der Waals surface area contributed by atoms with Crippen molar-refractivity contribution in [3.63, 3.8) is 0 Å². The second kappa shape index (κ2) is 3.14. The Balaban J connectivity index is 2.81. The molecule has 0 aliphatic rings. The van der Waals surface area contributed by atoms with Crippen molar-refractivity contribution in [2.24, 2.45) is 0 Å². The van der Waals surface area contributed by atoms with E-state index in [0.29, 0.717) is 11.1 Å². The Bertz CT molecular complexity index is 536. The van der Waals surface area contributed by atoms with Gasteiger partial charge in [-0.3, -0.25) is 4.79 Å². The van der Waals surface area contributed by atoms with Crippen LogP contribution in [0.2, 0.25) is 0 Å². The van der Waals surface area contributed by atoms with Crippen LogP contribution in [0.4, 0.5) is 0 Å². The third kappa shape index (κ3) is 1.16. The maximum atomic E-state index is 11.4. The van der Waals surface area contributed by atoms with Gasteiger partial charge in [0.15, 0.2) is 5.58 Å². The molecule has 1 aromatic heterocycles. The van der Waals surface area contributed by atoms with Gasteiger partial charge in [0.2, 0.25) is 5.91 Å². The third-order valence-electron chi connectivity index (χ3n) is 2.04. The molecule has 0 amide bonds. The van der Waals surface area contributed by atoms with Crippen LogP contribution < -0.4 is 5.76 Å². The van der Waals surface area contributed by atoms with Crippen LogP contribution in [0.3, 0.4) is 0 Å². The number of hydrogen-bond acceptors (Lipinski definition) is 3. The molecule has 4 heteroatoms. The first-order chi connectivity index (χ1) is 6.74. The van der Waals surface area contributed by atoms with Crippen molar-refractivity contribution in [1.29, 1.82) is 0 Å². The second-order valence-corrected chi connectivity index (χ2v) is 2.92. The molecule has 2 aromatic rings. The quantitative estimate of drug-likeness (QED) is 0.688. The van der Waals surface area contributed by atoms with E-state index in [1.54, 1.807) is 31.2 Å². The predicted molar refractivity (Wildman–Crippen MR) is 51.4 cm³/mol. The van der Waals surface area contributed by atoms with Crippen molar-refractivity contribution >= 4 is 17.0 Å². The lowest BCUT2D eigenvalue weighted by atomic mass is 10.3. The van der Waals surface area contributed by atoms with E-state index in [-0.39, 0.29) is 12.3 Å². The van der Waals surface area contributed by atoms with Gasteiger partial charge in [-0.05, 0) is 12.1 Å². The average molecular weight is 191 g/mol. The highest BCUT2D eigenvalue weighted by Crippen LogP contribution is 2.11. The fourth-order valence-electron chi connectivity index (χ4n) is 1.36. The van der Waals surface area contributed by atoms with Crippen molar-refractivity contribution < 1.29 is 9.21 Å². The smallest absolute Gasteiger partial charge is 0.407 e. The average Bonchev–Trinajstić information content (AvgIpc) is 2.53. The lowest BCUT2D eigenvalue weighted by molar-refractivity contribution is 0.0905. The molecule has 0 unspecified atom stereocenters. The van der Waals surface area contributed by atoms with Gasteiger partial charge in [-0.25, -0.2) is 9.36 Å². The third-order valence-corrected chi connectivity index (χ3v) is 2.04. The van der Waals surface area contributed by atoms with Gasteiger partial charge in [0.25, 0.3) is 0 Å². The van der Waals surface area contributed by atoms with Crippen molar-refractivity contribution in [2.45, 2.75) is 13.3 Å². The molecular formula is C10H9NO3. The number of carbonyl (C=O) groups excluding carboxylic acids is 1. The predicted octanol–water partition coefficient (Wildman–Crippen LogP) is 1.64. The van der Waals surface area contributed by atoms with Crippen molar-refractivity contribution in [1.82, 2.24) is 4.57 Å². The first-order valence-electron chi connectivity index (χ1n) is 4.38. The van der Waals surface area contributed by atoms with Crippen LogP contribution in [-0.4, -0.2) is 10.5 Å². The van der Waals surface area contributed by atoms with Crippen LogP contribution in [0.25, 0.3) is 11.1 Å². The summed E-state index contributed by atoms with van der Waals surface area (Å²) in [6, 6.07) is 6.87. The number of rotatable bonds is 1. The normalized spacial score (nSPS) is 10.6. The summed E-state index contributed by atoms with van der Waals surface area (Å²) in [6.45, 7) is 1.70. The molecule has 0 aliphatic carbocycles. The van der Waals surface area contributed by atoms with Gasteiger partial charge in [0, 0.05) is 6.42 Å². The van der Waals surface area contributed by atoms with Gasteiger partial charge in [-0.1, -0.05) is 19.1 Å². The molecular weight excluding hydrogens is 182 g/mol. The molecule has 0 fully saturated rings. The number of hydrogen-bond donors (Lipinski definition) is 0. The SMILES string of the molecule is CCC(=O)n1c(=O)oc2ccccc21. The molecule has 1 heterocycles. The van der Waals surface area contributed by atoms with Crippen LogP contribution >= 0.6 is 0 Å². The lowest BCUT2D eigenvalue weighted by Gasteiger charge is -1.95. The van der Waals surface area contributed by atoms with Crippen molar-refractivity contribution in [2.75, 3.05) is 0 Å². The molecule has 0 bridgehead atoms. The molecule has 1 aromatic carbocycles. The Morgan fingerprint density at radius 2 is 2.14 bits per heavy atom. The lowest BCUT2D eigenvalue weighted by Crippen LogP contribution is -2.21. The monoisotopic (exact) mass is 191 g/mol. The molecule has 4 nitrogen and oxygen atoms in total. The van der Waals surface area contributed by atoms with Crippen LogP contribution in [0.5, 0.6) is 0 Å². The number of carbonyl (C=O) groups is 1. The van der Waals surface area contributed by atoms with E-state index in [2.05, 4.69) is 0 Å². The van der Waals surface area contributed by atoms with Crippen LogP contribution in [0, 0.1) is 0 Å². The highest BCUT2D eigenvalue weighted by Gasteiger charge is 2.12. The van der Waals surface area contributed by atoms with E-state index in [9.17, 15) is 9.59 Å². The number of nitrogens with zero attached hydrogens (tertiary/aromatic N) is 1. The number of oxazole rings is 1. The summed E-state index contributed by atoms with van der Waals surface area (Å²) in [4.78, 5) is 22.7. The molecule has 72 valence electrons. The number of aromatic nitrogens is 1. The van der Waals surface area contributed by atoms with Gasteiger partial charge in [0.1, 0.15) is 0 Å². The molecule has 2 rings (SSSR count). The minimum atomic E-state index is -0.613. The Labute approximate surface area is 79.8 Å². The summed E-state index contributed by atoms with van der Waals surface area (Å²) < 4.78 is 5.97. The van der Waals surface area contributed by atoms with E-state index >= 15 is 0 Å². The number of para-hydroxylation sites is 2. The number of benzene rings is 1. The Kier molecular flexibility index (Phi) is 1.96. The molecule has 0 aliphatic heterocycles. The largest absolute Gasteiger partial charge is 0.426 e. The van der Waals surface area contributed by atoms with Crippen LogP contribution in [-0.2, 0) is 0 Å².